The van der Waals surface area contributed by atoms with Crippen LogP contribution in [0.4, 0.5) is 18.0 Å². The van der Waals surface area contributed by atoms with Crippen molar-refractivity contribution < 1.29 is 32.2 Å². The molecule has 1 aliphatic rings. The largest absolute Gasteiger partial charge is 0.467 e. The summed E-state index contributed by atoms with van der Waals surface area (Å²) in [5, 5.41) is 6.92. The lowest BCUT2D eigenvalue weighted by Crippen LogP contribution is -2.20. The predicted molar refractivity (Wildman–Crippen MR) is 106 cm³/mol. The number of fused-ring (bicyclic) bond motifs is 1. The minimum Gasteiger partial charge on any atom is -0.467 e. The van der Waals surface area contributed by atoms with E-state index in [2.05, 4.69) is 20.4 Å². The molecule has 0 aliphatic carbocycles. The summed E-state index contributed by atoms with van der Waals surface area (Å²) in [4.78, 5) is 20.0. The number of ether oxygens (including phenoxy) is 3. The molecule has 1 N–H and O–H groups in total. The average Bonchev–Trinajstić information content (AvgIpc) is 3.32. The van der Waals surface area contributed by atoms with Crippen molar-refractivity contribution in [3.05, 3.63) is 35.7 Å². The summed E-state index contributed by atoms with van der Waals surface area (Å²) in [6, 6.07) is 1.96. The van der Waals surface area contributed by atoms with Crippen molar-refractivity contribution in [1.29, 1.82) is 0 Å². The van der Waals surface area contributed by atoms with E-state index in [4.69, 9.17) is 14.2 Å². The second-order valence-corrected chi connectivity index (χ2v) is 7.14. The van der Waals surface area contributed by atoms with Gasteiger partial charge in [-0.15, -0.1) is 0 Å². The van der Waals surface area contributed by atoms with E-state index in [9.17, 15) is 18.0 Å². The summed E-state index contributed by atoms with van der Waals surface area (Å²) in [7, 11) is 0. The number of aromatic nitrogens is 4. The number of cyclic esters (lactones) is 1. The Morgan fingerprint density at radius 1 is 1.34 bits per heavy atom. The molecule has 1 amide bonds. The average molecular weight is 451 g/mol. The molecule has 0 radical (unpaired) electrons. The third-order valence-corrected chi connectivity index (χ3v) is 4.80. The molecule has 1 aliphatic heterocycles. The maximum Gasteiger partial charge on any atom is 0.416 e. The minimum atomic E-state index is -4.53. The number of amides is 1. The number of alkyl halides is 3. The summed E-state index contributed by atoms with van der Waals surface area (Å²) >= 11 is 0. The molecule has 9 nitrogen and oxygen atoms in total. The molecular weight excluding hydrogens is 431 g/mol. The molecule has 1 saturated heterocycles. The molecular formula is C20H20F3N5O4. The Bertz CT molecular complexity index is 1150. The van der Waals surface area contributed by atoms with Crippen molar-refractivity contribution >= 4 is 17.3 Å². The van der Waals surface area contributed by atoms with Crippen LogP contribution in [0.1, 0.15) is 18.1 Å². The number of nitrogens with one attached hydrogen (secondary N) is 1. The molecule has 3 heterocycles. The van der Waals surface area contributed by atoms with E-state index in [-0.39, 0.29) is 18.6 Å². The molecule has 170 valence electrons. The van der Waals surface area contributed by atoms with Gasteiger partial charge in [0.2, 0.25) is 0 Å². The Balaban J connectivity index is 1.69. The Labute approximate surface area is 180 Å². The zero-order chi connectivity index (χ0) is 22.9. The van der Waals surface area contributed by atoms with Crippen LogP contribution in [0, 0.1) is 6.92 Å². The van der Waals surface area contributed by atoms with Gasteiger partial charge in [0, 0.05) is 12.2 Å². The number of nitrogens with zero attached hydrogens (tertiary/aromatic N) is 4. The molecule has 3 aromatic rings. The highest BCUT2D eigenvalue weighted by Gasteiger charge is 2.32. The number of benzene rings is 1. The van der Waals surface area contributed by atoms with E-state index in [1.165, 1.54) is 6.20 Å². The SMILES string of the molecule is CCOCOc1cc(C(F)(F)F)cc(C)c1-c1cnc2cn(CC3CNC(=O)O3)nc2n1. The molecule has 32 heavy (non-hydrogen) atoms. The molecule has 12 heteroatoms. The van der Waals surface area contributed by atoms with E-state index >= 15 is 0 Å². The molecule has 1 unspecified atom stereocenters. The van der Waals surface area contributed by atoms with Crippen LogP contribution in [-0.4, -0.2) is 51.9 Å². The first-order valence-electron chi connectivity index (χ1n) is 9.82. The highest BCUT2D eigenvalue weighted by Crippen LogP contribution is 2.39. The van der Waals surface area contributed by atoms with Crippen LogP contribution in [0.2, 0.25) is 0 Å². The molecule has 1 atom stereocenters. The molecule has 0 bridgehead atoms. The number of carbonyl (C=O) groups excluding carboxylic acids is 1. The van der Waals surface area contributed by atoms with Crippen LogP contribution in [0.15, 0.2) is 24.5 Å². The standard InChI is InChI=1S/C20H20F3N5O4/c1-3-30-10-31-16-5-12(20(21,22)23)4-11(2)17(16)14-7-24-15-9-28(27-18(15)26-14)8-13-6-25-19(29)32-13/h4-5,7,9,13H,3,6,8,10H2,1-2H3,(H,25,29). The van der Waals surface area contributed by atoms with E-state index in [1.54, 1.807) is 24.7 Å². The summed E-state index contributed by atoms with van der Waals surface area (Å²) in [5.41, 5.74) is 0.971. The van der Waals surface area contributed by atoms with Crippen molar-refractivity contribution in [1.82, 2.24) is 25.1 Å². The number of hydrogen-bond acceptors (Lipinski definition) is 7. The Hall–Kier alpha value is -3.41. The molecule has 0 saturated carbocycles. The summed E-state index contributed by atoms with van der Waals surface area (Å²) < 4.78 is 57.2. The van der Waals surface area contributed by atoms with Crippen molar-refractivity contribution in [3.63, 3.8) is 0 Å². The quantitative estimate of drug-likeness (QED) is 0.435. The van der Waals surface area contributed by atoms with Gasteiger partial charge < -0.3 is 19.5 Å². The lowest BCUT2D eigenvalue weighted by atomic mass is 10.0. The van der Waals surface area contributed by atoms with E-state index in [0.29, 0.717) is 47.7 Å². The van der Waals surface area contributed by atoms with Crippen molar-refractivity contribution in [2.24, 2.45) is 0 Å². The Kier molecular flexibility index (Phi) is 5.87. The molecule has 1 fully saturated rings. The van der Waals surface area contributed by atoms with Gasteiger partial charge >= 0.3 is 12.3 Å². The smallest absolute Gasteiger partial charge is 0.416 e. The highest BCUT2D eigenvalue weighted by atomic mass is 19.4. The number of carbonyl (C=O) groups is 1. The molecule has 2 aromatic heterocycles. The van der Waals surface area contributed by atoms with E-state index in [1.807, 2.05) is 0 Å². The summed E-state index contributed by atoms with van der Waals surface area (Å²) in [6.45, 7) is 4.12. The zero-order valence-corrected chi connectivity index (χ0v) is 17.3. The fourth-order valence-electron chi connectivity index (χ4n) is 3.35. The number of alkyl carbamates (subject to hydrolysis) is 1. The van der Waals surface area contributed by atoms with Gasteiger partial charge in [-0.25, -0.2) is 14.8 Å². The second kappa shape index (κ2) is 8.61. The third kappa shape index (κ3) is 4.59. The van der Waals surface area contributed by atoms with Gasteiger partial charge in [-0.1, -0.05) is 0 Å². The van der Waals surface area contributed by atoms with Crippen molar-refractivity contribution in [2.45, 2.75) is 32.7 Å². The highest BCUT2D eigenvalue weighted by molar-refractivity contribution is 5.77. The fourth-order valence-corrected chi connectivity index (χ4v) is 3.35. The molecule has 0 spiro atoms. The minimum absolute atomic E-state index is 0.0113. The predicted octanol–water partition coefficient (Wildman–Crippen LogP) is 3.30. The van der Waals surface area contributed by atoms with Crippen molar-refractivity contribution in [2.75, 3.05) is 19.9 Å². The van der Waals surface area contributed by atoms with Crippen LogP contribution in [-0.2, 0) is 22.2 Å². The molecule has 4 rings (SSSR count). The van der Waals surface area contributed by atoms with Gasteiger partial charge in [-0.3, -0.25) is 4.68 Å². The van der Waals surface area contributed by atoms with Crippen LogP contribution in [0.25, 0.3) is 22.4 Å². The normalized spacial score (nSPS) is 16.3. The summed E-state index contributed by atoms with van der Waals surface area (Å²) in [5.74, 6) is -0.0113. The first-order chi connectivity index (χ1) is 15.2. The zero-order valence-electron chi connectivity index (χ0n) is 17.3. The lowest BCUT2D eigenvalue weighted by Gasteiger charge is -2.16. The topological polar surface area (TPSA) is 100 Å². The Morgan fingerprint density at radius 2 is 2.16 bits per heavy atom. The number of aryl methyl sites for hydroxylation is 1. The number of hydrogen-bond donors (Lipinski definition) is 1. The third-order valence-electron chi connectivity index (χ3n) is 4.80. The van der Waals surface area contributed by atoms with Crippen molar-refractivity contribution in [3.8, 4) is 17.0 Å². The first-order valence-corrected chi connectivity index (χ1v) is 9.82. The lowest BCUT2D eigenvalue weighted by molar-refractivity contribution is -0.137. The Morgan fingerprint density at radius 3 is 2.84 bits per heavy atom. The van der Waals surface area contributed by atoms with Crippen LogP contribution < -0.4 is 10.1 Å². The second-order valence-electron chi connectivity index (χ2n) is 7.14. The van der Waals surface area contributed by atoms with Gasteiger partial charge in [-0.05, 0) is 31.5 Å². The first kappa shape index (κ1) is 21.8. The van der Waals surface area contributed by atoms with Crippen LogP contribution >= 0.6 is 0 Å². The van der Waals surface area contributed by atoms with Gasteiger partial charge in [0.05, 0.1) is 36.7 Å². The number of halogens is 3. The van der Waals surface area contributed by atoms with Gasteiger partial charge in [0.15, 0.2) is 12.4 Å². The van der Waals surface area contributed by atoms with Crippen LogP contribution in [0.3, 0.4) is 0 Å². The van der Waals surface area contributed by atoms with Gasteiger partial charge in [0.25, 0.3) is 0 Å². The number of rotatable bonds is 7. The van der Waals surface area contributed by atoms with Gasteiger partial charge in [0.1, 0.15) is 17.4 Å². The maximum absolute atomic E-state index is 13.3. The van der Waals surface area contributed by atoms with E-state index in [0.717, 1.165) is 12.1 Å². The summed E-state index contributed by atoms with van der Waals surface area (Å²) in [6.07, 6.45) is -2.27. The van der Waals surface area contributed by atoms with Crippen LogP contribution in [0.5, 0.6) is 5.75 Å². The van der Waals surface area contributed by atoms with Gasteiger partial charge in [-0.2, -0.15) is 18.3 Å². The molecule has 1 aromatic carbocycles. The monoisotopic (exact) mass is 451 g/mol. The fraction of sp³-hybridized carbons (Fsp3) is 0.400. The maximum atomic E-state index is 13.3. The van der Waals surface area contributed by atoms with E-state index < -0.39 is 17.8 Å².